The largest absolute Gasteiger partial charge is 0.481 e. The summed E-state index contributed by atoms with van der Waals surface area (Å²) in [5.74, 6) is 1.28. The van der Waals surface area contributed by atoms with Crippen molar-refractivity contribution in [3.8, 4) is 0 Å². The molecule has 0 amide bonds. The van der Waals surface area contributed by atoms with Crippen LogP contribution < -0.4 is 0 Å². The van der Waals surface area contributed by atoms with Crippen molar-refractivity contribution in [2.75, 3.05) is 0 Å². The summed E-state index contributed by atoms with van der Waals surface area (Å²) in [5, 5.41) is 8.18. The molecule has 0 radical (unpaired) electrons. The maximum atomic E-state index is 11.4. The molecule has 0 aromatic rings. The zero-order valence-electron chi connectivity index (χ0n) is 17.2. The zero-order chi connectivity index (χ0) is 19.8. The lowest BCUT2D eigenvalue weighted by Gasteiger charge is -2.38. The van der Waals surface area contributed by atoms with Gasteiger partial charge in [0.2, 0.25) is 0 Å². The summed E-state index contributed by atoms with van der Waals surface area (Å²) in [4.78, 5) is 21.3. The predicted octanol–water partition coefficient (Wildman–Crippen LogP) is 5.53. The van der Waals surface area contributed by atoms with Gasteiger partial charge in [-0.1, -0.05) is 39.0 Å². The number of hydrogen-bond donors (Lipinski definition) is 1. The lowest BCUT2D eigenvalue weighted by Crippen LogP contribution is -2.30. The zero-order valence-corrected chi connectivity index (χ0v) is 17.2. The number of hydrogen-bond acceptors (Lipinski definition) is 3. The fraction of sp³-hybridized carbons (Fsp3) is 0.739. The average molecular weight is 377 g/mol. The van der Waals surface area contributed by atoms with Crippen molar-refractivity contribution in [3.63, 3.8) is 0 Å². The minimum atomic E-state index is -0.706. The Bertz CT molecular complexity index is 563. The first-order chi connectivity index (χ1) is 12.9. The summed E-state index contributed by atoms with van der Waals surface area (Å²) in [6.45, 7) is 5.90. The normalized spacial score (nSPS) is 30.9. The number of ether oxygens (including phenoxy) is 1. The van der Waals surface area contributed by atoms with Gasteiger partial charge in [-0.15, -0.1) is 0 Å². The Balaban J connectivity index is 0.000000321. The molecule has 2 aliphatic carbocycles. The second-order valence-corrected chi connectivity index (χ2v) is 8.35. The molecule has 4 unspecified atom stereocenters. The van der Waals surface area contributed by atoms with Gasteiger partial charge in [-0.3, -0.25) is 9.59 Å². The third-order valence-corrected chi connectivity index (χ3v) is 6.37. The first kappa shape index (κ1) is 21.7. The molecule has 0 bridgehead atoms. The molecule has 4 nitrogen and oxygen atoms in total. The highest BCUT2D eigenvalue weighted by Crippen LogP contribution is 2.42. The maximum Gasteiger partial charge on any atom is 0.306 e. The molecule has 0 aromatic heterocycles. The van der Waals surface area contributed by atoms with Crippen molar-refractivity contribution in [1.29, 1.82) is 0 Å². The van der Waals surface area contributed by atoms with Crippen LogP contribution in [0, 0.1) is 23.7 Å². The summed E-state index contributed by atoms with van der Waals surface area (Å²) >= 11 is 0. The fourth-order valence-corrected chi connectivity index (χ4v) is 4.35. The summed E-state index contributed by atoms with van der Waals surface area (Å²) in [6.07, 6.45) is 16.9. The third-order valence-electron chi connectivity index (χ3n) is 6.37. The van der Waals surface area contributed by atoms with Gasteiger partial charge in [0, 0.05) is 6.42 Å². The molecule has 0 saturated carbocycles. The Morgan fingerprint density at radius 3 is 2.70 bits per heavy atom. The summed E-state index contributed by atoms with van der Waals surface area (Å²) in [7, 11) is 0. The number of carbonyl (C=O) groups excluding carboxylic acids is 1. The number of carbonyl (C=O) groups is 2. The van der Waals surface area contributed by atoms with E-state index in [2.05, 4.69) is 25.2 Å². The van der Waals surface area contributed by atoms with Gasteiger partial charge in [0.25, 0.3) is 0 Å². The lowest BCUT2D eigenvalue weighted by atomic mass is 9.68. The Labute approximate surface area is 164 Å². The summed E-state index contributed by atoms with van der Waals surface area (Å²) in [6, 6.07) is 0. The summed E-state index contributed by atoms with van der Waals surface area (Å²) in [5.41, 5.74) is 1.57. The number of aliphatic carboxylic acids is 1. The summed E-state index contributed by atoms with van der Waals surface area (Å²) < 4.78 is 5.48. The molecule has 0 spiro atoms. The maximum absolute atomic E-state index is 11.4. The van der Waals surface area contributed by atoms with Crippen LogP contribution in [0.2, 0.25) is 0 Å². The van der Waals surface area contributed by atoms with Crippen molar-refractivity contribution in [2.45, 2.75) is 84.7 Å². The molecule has 3 aliphatic rings. The van der Waals surface area contributed by atoms with Crippen LogP contribution in [-0.2, 0) is 14.3 Å². The van der Waals surface area contributed by atoms with E-state index < -0.39 is 5.97 Å². The number of rotatable bonds is 5. The van der Waals surface area contributed by atoms with Crippen LogP contribution in [-0.4, -0.2) is 23.1 Å². The van der Waals surface area contributed by atoms with Crippen molar-refractivity contribution in [1.82, 2.24) is 0 Å². The van der Waals surface area contributed by atoms with Gasteiger partial charge in [-0.25, -0.2) is 0 Å². The topological polar surface area (TPSA) is 63.6 Å². The quantitative estimate of drug-likeness (QED) is 0.641. The van der Waals surface area contributed by atoms with E-state index in [1.165, 1.54) is 25.7 Å². The SMILES string of the molecule is CC1C=CC2=CCCCC2C1CCC1CCCC(=O)O1.CC[C@@H](C)C(=O)O. The first-order valence-electron chi connectivity index (χ1n) is 10.7. The molecule has 1 saturated heterocycles. The van der Waals surface area contributed by atoms with Gasteiger partial charge >= 0.3 is 11.9 Å². The number of cyclic esters (lactones) is 1. The first-order valence-corrected chi connectivity index (χ1v) is 10.7. The molecule has 1 fully saturated rings. The molecule has 4 heteroatoms. The van der Waals surface area contributed by atoms with Crippen LogP contribution in [0.4, 0.5) is 0 Å². The molecule has 1 aliphatic heterocycles. The van der Waals surface area contributed by atoms with E-state index in [0.29, 0.717) is 12.3 Å². The average Bonchev–Trinajstić information content (AvgIpc) is 2.67. The number of carboxylic acids is 1. The van der Waals surface area contributed by atoms with E-state index >= 15 is 0 Å². The van der Waals surface area contributed by atoms with Gasteiger partial charge in [0.1, 0.15) is 6.10 Å². The van der Waals surface area contributed by atoms with Gasteiger partial charge in [0.15, 0.2) is 0 Å². The number of allylic oxidation sites excluding steroid dienone is 4. The third kappa shape index (κ3) is 6.51. The van der Waals surface area contributed by atoms with Crippen LogP contribution in [0.25, 0.3) is 0 Å². The molecular weight excluding hydrogens is 340 g/mol. The van der Waals surface area contributed by atoms with Gasteiger partial charge in [-0.05, 0) is 74.7 Å². The predicted molar refractivity (Wildman–Crippen MR) is 107 cm³/mol. The minimum Gasteiger partial charge on any atom is -0.481 e. The van der Waals surface area contributed by atoms with Crippen molar-refractivity contribution in [2.24, 2.45) is 23.7 Å². The van der Waals surface area contributed by atoms with E-state index in [-0.39, 0.29) is 18.0 Å². The van der Waals surface area contributed by atoms with Crippen LogP contribution in [0.5, 0.6) is 0 Å². The smallest absolute Gasteiger partial charge is 0.306 e. The van der Waals surface area contributed by atoms with E-state index in [9.17, 15) is 9.59 Å². The fourth-order valence-electron chi connectivity index (χ4n) is 4.35. The minimum absolute atomic E-state index is 0.0103. The Morgan fingerprint density at radius 2 is 2.07 bits per heavy atom. The second kappa shape index (κ2) is 10.7. The van der Waals surface area contributed by atoms with E-state index in [0.717, 1.165) is 37.5 Å². The number of esters is 1. The molecular formula is C23H36O4. The van der Waals surface area contributed by atoms with Crippen molar-refractivity contribution < 1.29 is 19.4 Å². The monoisotopic (exact) mass is 376 g/mol. The molecule has 1 heterocycles. The lowest BCUT2D eigenvalue weighted by molar-refractivity contribution is -0.154. The Kier molecular flexibility index (Phi) is 8.59. The van der Waals surface area contributed by atoms with Gasteiger partial charge in [0.05, 0.1) is 5.92 Å². The number of fused-ring (bicyclic) bond motifs is 1. The van der Waals surface area contributed by atoms with Crippen molar-refractivity contribution >= 4 is 11.9 Å². The second-order valence-electron chi connectivity index (χ2n) is 8.35. The highest BCUT2D eigenvalue weighted by molar-refractivity contribution is 5.70. The van der Waals surface area contributed by atoms with E-state index in [1.54, 1.807) is 12.5 Å². The van der Waals surface area contributed by atoms with Crippen LogP contribution in [0.15, 0.2) is 23.8 Å². The van der Waals surface area contributed by atoms with Crippen LogP contribution >= 0.6 is 0 Å². The van der Waals surface area contributed by atoms with Gasteiger partial charge in [-0.2, -0.15) is 0 Å². The molecule has 152 valence electrons. The molecule has 3 rings (SSSR count). The molecule has 27 heavy (non-hydrogen) atoms. The number of carboxylic acid groups (broad SMARTS) is 1. The Morgan fingerprint density at radius 1 is 1.30 bits per heavy atom. The standard InChI is InChI=1S/C18H26O2.C5H10O2/c1-13-9-10-14-5-2-3-7-17(14)16(13)12-11-15-6-4-8-18(19)20-15;1-3-4(2)5(6)7/h5,9-10,13,15-17H,2-4,6-8,11-12H2,1H3;4H,3H2,1-2H3,(H,6,7)/t;4-/m.1/s1. The Hall–Kier alpha value is -1.58. The van der Waals surface area contributed by atoms with Crippen molar-refractivity contribution in [3.05, 3.63) is 23.8 Å². The highest BCUT2D eigenvalue weighted by Gasteiger charge is 2.32. The van der Waals surface area contributed by atoms with Crippen LogP contribution in [0.3, 0.4) is 0 Å². The molecule has 1 N–H and O–H groups in total. The molecule has 0 aromatic carbocycles. The van der Waals surface area contributed by atoms with E-state index in [4.69, 9.17) is 9.84 Å². The molecule has 5 atom stereocenters. The highest BCUT2D eigenvalue weighted by atomic mass is 16.5. The van der Waals surface area contributed by atoms with Crippen LogP contribution in [0.1, 0.15) is 78.6 Å². The van der Waals surface area contributed by atoms with Gasteiger partial charge < -0.3 is 9.84 Å². The van der Waals surface area contributed by atoms with E-state index in [1.807, 2.05) is 6.92 Å².